The van der Waals surface area contributed by atoms with Crippen molar-refractivity contribution in [2.24, 2.45) is 11.8 Å². The van der Waals surface area contributed by atoms with Crippen molar-refractivity contribution >= 4 is 11.6 Å². The number of ether oxygens (including phenoxy) is 1. The van der Waals surface area contributed by atoms with Crippen LogP contribution in [0.25, 0.3) is 0 Å². The molecule has 1 aromatic rings. The predicted octanol–water partition coefficient (Wildman–Crippen LogP) is 3.72. The first-order chi connectivity index (χ1) is 9.15. The van der Waals surface area contributed by atoms with Crippen LogP contribution in [0, 0.1) is 25.7 Å². The summed E-state index contributed by atoms with van der Waals surface area (Å²) < 4.78 is 6.34. The average molecular weight is 280 g/mol. The first kappa shape index (κ1) is 13.3. The summed E-state index contributed by atoms with van der Waals surface area (Å²) in [5, 5.41) is 4.31. The van der Waals surface area contributed by atoms with Crippen LogP contribution in [0.4, 0.5) is 0 Å². The number of hydrogen-bond donors (Lipinski definition) is 1. The Kier molecular flexibility index (Phi) is 3.72. The van der Waals surface area contributed by atoms with Gasteiger partial charge in [0.25, 0.3) is 0 Å². The molecule has 0 radical (unpaired) electrons. The lowest BCUT2D eigenvalue weighted by Gasteiger charge is -2.25. The second kappa shape index (κ2) is 5.34. The molecule has 2 nitrogen and oxygen atoms in total. The molecule has 1 saturated heterocycles. The Balaban J connectivity index is 1.78. The molecular formula is C16H22ClNO. The van der Waals surface area contributed by atoms with Crippen LogP contribution in [-0.2, 0) is 0 Å². The molecule has 0 bridgehead atoms. The van der Waals surface area contributed by atoms with Gasteiger partial charge in [-0.2, -0.15) is 0 Å². The fraction of sp³-hybridized carbons (Fsp3) is 0.625. The van der Waals surface area contributed by atoms with Gasteiger partial charge in [-0.05, 0) is 68.8 Å². The largest absolute Gasteiger partial charge is 0.490 e. The summed E-state index contributed by atoms with van der Waals surface area (Å²) in [5.74, 6) is 2.42. The molecule has 2 aliphatic rings. The van der Waals surface area contributed by atoms with Gasteiger partial charge in [0.15, 0.2) is 0 Å². The van der Waals surface area contributed by atoms with Gasteiger partial charge in [0.05, 0.1) is 0 Å². The average Bonchev–Trinajstić information content (AvgIpc) is 3.07. The zero-order valence-electron chi connectivity index (χ0n) is 11.7. The van der Waals surface area contributed by atoms with E-state index in [0.717, 1.165) is 40.9 Å². The van der Waals surface area contributed by atoms with Crippen molar-refractivity contribution in [1.29, 1.82) is 0 Å². The van der Waals surface area contributed by atoms with Gasteiger partial charge >= 0.3 is 0 Å². The minimum Gasteiger partial charge on any atom is -0.490 e. The van der Waals surface area contributed by atoms with Crippen molar-refractivity contribution in [3.63, 3.8) is 0 Å². The van der Waals surface area contributed by atoms with E-state index >= 15 is 0 Å². The Bertz CT molecular complexity index is 441. The Morgan fingerprint density at radius 1 is 1.16 bits per heavy atom. The normalized spacial score (nSPS) is 24.5. The molecule has 1 N–H and O–H groups in total. The third-order valence-electron chi connectivity index (χ3n) is 4.33. The Hall–Kier alpha value is -0.730. The SMILES string of the molecule is Cc1cc(O[C@@H](C2CC2)[C@H]2CCNC2)cc(C)c1Cl. The highest BCUT2D eigenvalue weighted by Crippen LogP contribution is 2.40. The van der Waals surface area contributed by atoms with Crippen LogP contribution < -0.4 is 10.1 Å². The minimum atomic E-state index is 0.384. The van der Waals surface area contributed by atoms with Crippen molar-refractivity contribution in [2.75, 3.05) is 13.1 Å². The maximum absolute atomic E-state index is 6.34. The number of rotatable bonds is 4. The lowest BCUT2D eigenvalue weighted by atomic mass is 9.97. The monoisotopic (exact) mass is 279 g/mol. The molecule has 0 amide bonds. The molecule has 1 aromatic carbocycles. The molecule has 19 heavy (non-hydrogen) atoms. The highest BCUT2D eigenvalue weighted by Gasteiger charge is 2.39. The summed E-state index contributed by atoms with van der Waals surface area (Å²) >= 11 is 6.22. The molecule has 1 heterocycles. The molecule has 0 spiro atoms. The number of benzene rings is 1. The Morgan fingerprint density at radius 2 is 1.84 bits per heavy atom. The van der Waals surface area contributed by atoms with E-state index in [1.54, 1.807) is 0 Å². The molecule has 3 heteroatoms. The van der Waals surface area contributed by atoms with Gasteiger partial charge in [0.1, 0.15) is 11.9 Å². The van der Waals surface area contributed by atoms with Crippen LogP contribution in [0.1, 0.15) is 30.4 Å². The van der Waals surface area contributed by atoms with Crippen LogP contribution >= 0.6 is 11.6 Å². The van der Waals surface area contributed by atoms with Crippen molar-refractivity contribution in [1.82, 2.24) is 5.32 Å². The standard InChI is InChI=1S/C16H22ClNO/c1-10-7-14(8-11(2)15(10)17)19-16(12-3-4-12)13-5-6-18-9-13/h7-8,12-13,16,18H,3-6,9H2,1-2H3/t13-,16-/m0/s1. The van der Waals surface area contributed by atoms with Crippen LogP contribution in [0.5, 0.6) is 5.75 Å². The number of hydrogen-bond acceptors (Lipinski definition) is 2. The summed E-state index contributed by atoms with van der Waals surface area (Å²) in [5.41, 5.74) is 2.21. The van der Waals surface area contributed by atoms with Crippen LogP contribution in [-0.4, -0.2) is 19.2 Å². The molecule has 0 unspecified atom stereocenters. The van der Waals surface area contributed by atoms with E-state index in [0.29, 0.717) is 12.0 Å². The van der Waals surface area contributed by atoms with Gasteiger partial charge in [-0.25, -0.2) is 0 Å². The second-order valence-electron chi connectivity index (χ2n) is 6.04. The smallest absolute Gasteiger partial charge is 0.120 e. The summed E-state index contributed by atoms with van der Waals surface area (Å²) in [7, 11) is 0. The molecular weight excluding hydrogens is 258 g/mol. The van der Waals surface area contributed by atoms with Gasteiger partial charge < -0.3 is 10.1 Å². The topological polar surface area (TPSA) is 21.3 Å². The molecule has 1 aliphatic carbocycles. The predicted molar refractivity (Wildman–Crippen MR) is 79.0 cm³/mol. The molecule has 104 valence electrons. The number of nitrogens with one attached hydrogen (secondary N) is 1. The second-order valence-corrected chi connectivity index (χ2v) is 6.42. The van der Waals surface area contributed by atoms with Gasteiger partial charge in [0.2, 0.25) is 0 Å². The maximum Gasteiger partial charge on any atom is 0.120 e. The van der Waals surface area contributed by atoms with E-state index in [2.05, 4.69) is 17.4 Å². The first-order valence-electron chi connectivity index (χ1n) is 7.29. The maximum atomic E-state index is 6.34. The van der Waals surface area contributed by atoms with Gasteiger partial charge in [-0.15, -0.1) is 0 Å². The highest BCUT2D eigenvalue weighted by molar-refractivity contribution is 6.32. The van der Waals surface area contributed by atoms with Gasteiger partial charge in [-0.1, -0.05) is 11.6 Å². The lowest BCUT2D eigenvalue weighted by Crippen LogP contribution is -2.30. The summed E-state index contributed by atoms with van der Waals surface area (Å²) in [6.45, 7) is 6.33. The molecule has 3 rings (SSSR count). The first-order valence-corrected chi connectivity index (χ1v) is 7.67. The van der Waals surface area contributed by atoms with E-state index in [4.69, 9.17) is 16.3 Å². The van der Waals surface area contributed by atoms with E-state index in [-0.39, 0.29) is 0 Å². The third-order valence-corrected chi connectivity index (χ3v) is 4.93. The third kappa shape index (κ3) is 2.90. The van der Waals surface area contributed by atoms with Crippen LogP contribution in [0.3, 0.4) is 0 Å². The molecule has 0 aromatic heterocycles. The lowest BCUT2D eigenvalue weighted by molar-refractivity contribution is 0.121. The van der Waals surface area contributed by atoms with Crippen molar-refractivity contribution in [3.8, 4) is 5.75 Å². The van der Waals surface area contributed by atoms with Crippen molar-refractivity contribution < 1.29 is 4.74 Å². The van der Waals surface area contributed by atoms with E-state index < -0.39 is 0 Å². The van der Waals surface area contributed by atoms with Crippen LogP contribution in [0.2, 0.25) is 5.02 Å². The summed E-state index contributed by atoms with van der Waals surface area (Å²) in [6.07, 6.45) is 4.28. The van der Waals surface area contributed by atoms with E-state index in [1.165, 1.54) is 19.3 Å². The van der Waals surface area contributed by atoms with Crippen molar-refractivity contribution in [2.45, 2.75) is 39.2 Å². The van der Waals surface area contributed by atoms with Crippen molar-refractivity contribution in [3.05, 3.63) is 28.3 Å². The quantitative estimate of drug-likeness (QED) is 0.907. The summed E-state index contributed by atoms with van der Waals surface area (Å²) in [6, 6.07) is 4.15. The zero-order valence-corrected chi connectivity index (χ0v) is 12.5. The highest BCUT2D eigenvalue weighted by atomic mass is 35.5. The minimum absolute atomic E-state index is 0.384. The molecule has 2 fully saturated rings. The molecule has 2 atom stereocenters. The van der Waals surface area contributed by atoms with E-state index in [1.807, 2.05) is 13.8 Å². The fourth-order valence-electron chi connectivity index (χ4n) is 3.09. The van der Waals surface area contributed by atoms with E-state index in [9.17, 15) is 0 Å². The Labute approximate surface area is 120 Å². The Morgan fingerprint density at radius 3 is 2.37 bits per heavy atom. The molecule has 1 saturated carbocycles. The molecule has 1 aliphatic heterocycles. The zero-order chi connectivity index (χ0) is 13.4. The number of halogens is 1. The fourth-order valence-corrected chi connectivity index (χ4v) is 3.20. The summed E-state index contributed by atoms with van der Waals surface area (Å²) in [4.78, 5) is 0. The number of aryl methyl sites for hydroxylation is 2. The van der Waals surface area contributed by atoms with Gasteiger partial charge in [-0.3, -0.25) is 0 Å². The van der Waals surface area contributed by atoms with Crippen LogP contribution in [0.15, 0.2) is 12.1 Å². The van der Waals surface area contributed by atoms with Gasteiger partial charge in [0, 0.05) is 17.5 Å².